The standard InChI is InChI=1S/C17H18F2N4O2/c1-11-9-12(22-17(21-11)23-5-7-25-8-6-23)10-20-16(24)15-13(18)3-2-4-14(15)19/h2-4,9H,5-8,10H2,1H3,(H,20,24). The summed E-state index contributed by atoms with van der Waals surface area (Å²) in [6, 6.07) is 5.03. The molecule has 132 valence electrons. The first-order valence-electron chi connectivity index (χ1n) is 7.94. The number of aryl methyl sites for hydroxylation is 1. The molecule has 6 nitrogen and oxygen atoms in total. The van der Waals surface area contributed by atoms with Crippen molar-refractivity contribution in [3.05, 3.63) is 52.9 Å². The van der Waals surface area contributed by atoms with E-state index in [0.717, 1.165) is 17.8 Å². The zero-order valence-corrected chi connectivity index (χ0v) is 13.8. The third-order valence-corrected chi connectivity index (χ3v) is 3.81. The van der Waals surface area contributed by atoms with E-state index >= 15 is 0 Å². The summed E-state index contributed by atoms with van der Waals surface area (Å²) in [4.78, 5) is 22.9. The maximum Gasteiger partial charge on any atom is 0.257 e. The average molecular weight is 348 g/mol. The van der Waals surface area contributed by atoms with E-state index < -0.39 is 23.1 Å². The van der Waals surface area contributed by atoms with E-state index in [4.69, 9.17) is 4.74 Å². The van der Waals surface area contributed by atoms with Gasteiger partial charge in [-0.05, 0) is 25.1 Å². The lowest BCUT2D eigenvalue weighted by Crippen LogP contribution is -2.37. The summed E-state index contributed by atoms with van der Waals surface area (Å²) in [5, 5.41) is 2.50. The van der Waals surface area contributed by atoms with Crippen LogP contribution in [0.25, 0.3) is 0 Å². The zero-order chi connectivity index (χ0) is 17.8. The summed E-state index contributed by atoms with van der Waals surface area (Å²) in [5.41, 5.74) is 0.721. The number of morpholine rings is 1. The van der Waals surface area contributed by atoms with Crippen LogP contribution in [-0.2, 0) is 11.3 Å². The van der Waals surface area contributed by atoms with Crippen molar-refractivity contribution >= 4 is 11.9 Å². The van der Waals surface area contributed by atoms with Gasteiger partial charge in [-0.2, -0.15) is 0 Å². The Morgan fingerprint density at radius 3 is 2.60 bits per heavy atom. The fraction of sp³-hybridized carbons (Fsp3) is 0.353. The number of hydrogen-bond acceptors (Lipinski definition) is 5. The highest BCUT2D eigenvalue weighted by Crippen LogP contribution is 2.14. The quantitative estimate of drug-likeness (QED) is 0.913. The van der Waals surface area contributed by atoms with Gasteiger partial charge in [-0.3, -0.25) is 4.79 Å². The van der Waals surface area contributed by atoms with Gasteiger partial charge in [-0.25, -0.2) is 18.7 Å². The molecule has 0 atom stereocenters. The normalized spacial score (nSPS) is 14.4. The van der Waals surface area contributed by atoms with E-state index in [1.807, 2.05) is 11.8 Å². The highest BCUT2D eigenvalue weighted by molar-refractivity contribution is 5.94. The molecule has 1 saturated heterocycles. The largest absolute Gasteiger partial charge is 0.378 e. The minimum absolute atomic E-state index is 0.0489. The Labute approximate surface area is 143 Å². The van der Waals surface area contributed by atoms with Gasteiger partial charge < -0.3 is 15.0 Å². The number of nitrogens with zero attached hydrogens (tertiary/aromatic N) is 3. The maximum atomic E-state index is 13.7. The summed E-state index contributed by atoms with van der Waals surface area (Å²) in [7, 11) is 0. The SMILES string of the molecule is Cc1cc(CNC(=O)c2c(F)cccc2F)nc(N2CCOCC2)n1. The number of hydrogen-bond donors (Lipinski definition) is 1. The second kappa shape index (κ2) is 7.52. The Morgan fingerprint density at radius 1 is 1.24 bits per heavy atom. The van der Waals surface area contributed by atoms with Crippen LogP contribution < -0.4 is 10.2 Å². The predicted molar refractivity (Wildman–Crippen MR) is 87.3 cm³/mol. The smallest absolute Gasteiger partial charge is 0.257 e. The van der Waals surface area contributed by atoms with E-state index in [1.165, 1.54) is 6.07 Å². The summed E-state index contributed by atoms with van der Waals surface area (Å²) < 4.78 is 32.6. The topological polar surface area (TPSA) is 67.4 Å². The van der Waals surface area contributed by atoms with Crippen LogP contribution in [0.4, 0.5) is 14.7 Å². The summed E-state index contributed by atoms with van der Waals surface area (Å²) in [6.45, 7) is 4.47. The summed E-state index contributed by atoms with van der Waals surface area (Å²) >= 11 is 0. The molecule has 0 unspecified atom stereocenters. The van der Waals surface area contributed by atoms with Crippen molar-refractivity contribution in [3.63, 3.8) is 0 Å². The third kappa shape index (κ3) is 4.08. The van der Waals surface area contributed by atoms with Crippen molar-refractivity contribution in [2.45, 2.75) is 13.5 Å². The van der Waals surface area contributed by atoms with E-state index in [9.17, 15) is 13.6 Å². The van der Waals surface area contributed by atoms with Crippen LogP contribution in [0.5, 0.6) is 0 Å². The van der Waals surface area contributed by atoms with Crippen LogP contribution in [0.15, 0.2) is 24.3 Å². The zero-order valence-electron chi connectivity index (χ0n) is 13.8. The lowest BCUT2D eigenvalue weighted by Gasteiger charge is -2.27. The van der Waals surface area contributed by atoms with Crippen LogP contribution in [-0.4, -0.2) is 42.2 Å². The van der Waals surface area contributed by atoms with Gasteiger partial charge in [0.05, 0.1) is 25.5 Å². The number of halogens is 2. The van der Waals surface area contributed by atoms with E-state index in [0.29, 0.717) is 37.9 Å². The fourth-order valence-electron chi connectivity index (χ4n) is 2.59. The minimum atomic E-state index is -0.898. The molecule has 1 aromatic heterocycles. The molecular formula is C17H18F2N4O2. The predicted octanol–water partition coefficient (Wildman–Crippen LogP) is 1.83. The van der Waals surface area contributed by atoms with Gasteiger partial charge in [0.15, 0.2) is 0 Å². The van der Waals surface area contributed by atoms with Gasteiger partial charge in [0.25, 0.3) is 5.91 Å². The molecule has 1 N–H and O–H groups in total. The lowest BCUT2D eigenvalue weighted by atomic mass is 10.2. The highest BCUT2D eigenvalue weighted by atomic mass is 19.1. The number of amides is 1. The van der Waals surface area contributed by atoms with Crippen molar-refractivity contribution in [1.29, 1.82) is 0 Å². The molecule has 0 saturated carbocycles. The molecule has 8 heteroatoms. The average Bonchev–Trinajstić information content (AvgIpc) is 2.60. The molecule has 1 aliphatic rings. The Kier molecular flexibility index (Phi) is 5.18. The van der Waals surface area contributed by atoms with Gasteiger partial charge in [-0.15, -0.1) is 0 Å². The molecule has 3 rings (SSSR count). The minimum Gasteiger partial charge on any atom is -0.378 e. The number of carbonyl (C=O) groups is 1. The first kappa shape index (κ1) is 17.2. The molecule has 1 fully saturated rings. The van der Waals surface area contributed by atoms with Crippen LogP contribution in [0.2, 0.25) is 0 Å². The fourth-order valence-corrected chi connectivity index (χ4v) is 2.59. The van der Waals surface area contributed by atoms with E-state index in [1.54, 1.807) is 6.07 Å². The van der Waals surface area contributed by atoms with Crippen molar-refractivity contribution in [2.75, 3.05) is 31.2 Å². The number of rotatable bonds is 4. The molecule has 25 heavy (non-hydrogen) atoms. The Balaban J connectivity index is 1.72. The van der Waals surface area contributed by atoms with Crippen LogP contribution in [0, 0.1) is 18.6 Å². The lowest BCUT2D eigenvalue weighted by molar-refractivity contribution is 0.0942. The summed E-state index contributed by atoms with van der Waals surface area (Å²) in [5.74, 6) is -2.06. The maximum absolute atomic E-state index is 13.7. The van der Waals surface area contributed by atoms with Gasteiger partial charge in [0, 0.05) is 18.8 Å². The van der Waals surface area contributed by atoms with Crippen LogP contribution in [0.3, 0.4) is 0 Å². The van der Waals surface area contributed by atoms with Crippen molar-refractivity contribution in [2.24, 2.45) is 0 Å². The number of carbonyl (C=O) groups excluding carboxylic acids is 1. The molecule has 2 aromatic rings. The number of nitrogens with one attached hydrogen (secondary N) is 1. The van der Waals surface area contributed by atoms with Crippen molar-refractivity contribution in [3.8, 4) is 0 Å². The number of benzene rings is 1. The Bertz CT molecular complexity index is 759. The monoisotopic (exact) mass is 348 g/mol. The molecule has 1 amide bonds. The molecule has 0 bridgehead atoms. The molecule has 0 spiro atoms. The van der Waals surface area contributed by atoms with Crippen LogP contribution in [0.1, 0.15) is 21.7 Å². The molecular weight excluding hydrogens is 330 g/mol. The molecule has 1 aromatic carbocycles. The highest BCUT2D eigenvalue weighted by Gasteiger charge is 2.18. The van der Waals surface area contributed by atoms with Gasteiger partial charge in [0.1, 0.15) is 17.2 Å². The molecule has 0 radical (unpaired) electrons. The Hall–Kier alpha value is -2.61. The summed E-state index contributed by atoms with van der Waals surface area (Å²) in [6.07, 6.45) is 0. The third-order valence-electron chi connectivity index (χ3n) is 3.81. The Morgan fingerprint density at radius 2 is 1.92 bits per heavy atom. The second-order valence-electron chi connectivity index (χ2n) is 5.68. The number of aromatic nitrogens is 2. The van der Waals surface area contributed by atoms with Crippen molar-refractivity contribution in [1.82, 2.24) is 15.3 Å². The van der Waals surface area contributed by atoms with Gasteiger partial charge in [0.2, 0.25) is 5.95 Å². The number of ether oxygens (including phenoxy) is 1. The second-order valence-corrected chi connectivity index (χ2v) is 5.68. The van der Waals surface area contributed by atoms with Gasteiger partial charge >= 0.3 is 0 Å². The van der Waals surface area contributed by atoms with Crippen LogP contribution >= 0.6 is 0 Å². The van der Waals surface area contributed by atoms with Crippen molar-refractivity contribution < 1.29 is 18.3 Å². The molecule has 0 aliphatic carbocycles. The molecule has 1 aliphatic heterocycles. The van der Waals surface area contributed by atoms with E-state index in [2.05, 4.69) is 15.3 Å². The first-order valence-corrected chi connectivity index (χ1v) is 7.94. The van der Waals surface area contributed by atoms with Gasteiger partial charge in [-0.1, -0.05) is 6.07 Å². The molecule has 2 heterocycles. The van der Waals surface area contributed by atoms with E-state index in [-0.39, 0.29) is 6.54 Å². The first-order chi connectivity index (χ1) is 12.0. The number of anilines is 1.